The zero-order valence-corrected chi connectivity index (χ0v) is 10.3. The van der Waals surface area contributed by atoms with E-state index in [4.69, 9.17) is 16.7 Å². The smallest absolute Gasteiger partial charge is 0.411 e. The van der Waals surface area contributed by atoms with E-state index in [1.54, 1.807) is 0 Å². The fourth-order valence-electron chi connectivity index (χ4n) is 1.26. The van der Waals surface area contributed by atoms with Crippen LogP contribution in [0.3, 0.4) is 0 Å². The van der Waals surface area contributed by atoms with Gasteiger partial charge in [-0.15, -0.1) is 11.6 Å². The Hall–Kier alpha value is -2.17. The first-order chi connectivity index (χ1) is 9.53. The monoisotopic (exact) mass is 335 g/mol. The molecule has 0 bridgehead atoms. The van der Waals surface area contributed by atoms with Crippen LogP contribution in [-0.2, 0) is 0 Å². The van der Waals surface area contributed by atoms with Gasteiger partial charge in [-0.05, 0) is 0 Å². The van der Waals surface area contributed by atoms with Gasteiger partial charge in [-0.3, -0.25) is 10.1 Å². The molecule has 116 valence electrons. The van der Waals surface area contributed by atoms with Crippen LogP contribution in [0.25, 0.3) is 0 Å². The molecule has 21 heavy (non-hydrogen) atoms. The van der Waals surface area contributed by atoms with E-state index in [0.717, 1.165) is 0 Å². The van der Waals surface area contributed by atoms with Crippen LogP contribution < -0.4 is 4.74 Å². The Morgan fingerprint density at radius 1 is 1.29 bits per heavy atom. The van der Waals surface area contributed by atoms with Gasteiger partial charge in [-0.1, -0.05) is 0 Å². The number of nitrogens with zero attached hydrogens (tertiary/aromatic N) is 1. The lowest BCUT2D eigenvalue weighted by atomic mass is 10.1. The van der Waals surface area contributed by atoms with Crippen LogP contribution in [0.1, 0.15) is 10.4 Å². The number of carbonyl (C=O) groups is 1. The van der Waals surface area contributed by atoms with Crippen LogP contribution in [0.15, 0.2) is 0 Å². The molecule has 0 saturated carbocycles. The van der Waals surface area contributed by atoms with Crippen molar-refractivity contribution in [2.24, 2.45) is 0 Å². The average molecular weight is 336 g/mol. The van der Waals surface area contributed by atoms with Crippen molar-refractivity contribution in [3.63, 3.8) is 0 Å². The number of aromatic carboxylic acids is 1. The topological polar surface area (TPSA) is 89.7 Å². The van der Waals surface area contributed by atoms with Crippen LogP contribution >= 0.6 is 11.6 Å². The first kappa shape index (κ1) is 16.9. The summed E-state index contributed by atoms with van der Waals surface area (Å²) < 4.78 is 69.6. The lowest BCUT2D eigenvalue weighted by Crippen LogP contribution is -2.28. The van der Waals surface area contributed by atoms with Crippen LogP contribution in [0.5, 0.6) is 5.75 Å². The third-order valence-electron chi connectivity index (χ3n) is 2.06. The lowest BCUT2D eigenvalue weighted by Gasteiger charge is -2.17. The second kappa shape index (κ2) is 5.68. The molecule has 1 N–H and O–H groups in total. The molecule has 0 heterocycles. The number of carboxylic acid groups (broad SMARTS) is 1. The average Bonchev–Trinajstić information content (AvgIpc) is 2.37. The van der Waals surface area contributed by atoms with E-state index in [-0.39, 0.29) is 0 Å². The highest BCUT2D eigenvalue weighted by molar-refractivity contribution is 6.18. The molecule has 0 amide bonds. The Labute approximate surface area is 116 Å². The maximum atomic E-state index is 13.7. The second-order valence-corrected chi connectivity index (χ2v) is 3.70. The van der Waals surface area contributed by atoms with Crippen LogP contribution in [-0.4, -0.2) is 28.0 Å². The summed E-state index contributed by atoms with van der Waals surface area (Å²) >= 11 is 4.73. The van der Waals surface area contributed by atoms with E-state index in [1.165, 1.54) is 0 Å². The van der Waals surface area contributed by atoms with Crippen molar-refractivity contribution >= 4 is 23.3 Å². The minimum absolute atomic E-state index is 1.59. The molecule has 0 atom stereocenters. The van der Waals surface area contributed by atoms with Crippen molar-refractivity contribution in [1.82, 2.24) is 0 Å². The second-order valence-electron chi connectivity index (χ2n) is 3.43. The summed E-state index contributed by atoms with van der Waals surface area (Å²) in [6.07, 6.45) is -4.36. The molecule has 0 spiro atoms. The van der Waals surface area contributed by atoms with Gasteiger partial charge in [-0.2, -0.15) is 17.6 Å². The van der Waals surface area contributed by atoms with E-state index in [1.807, 2.05) is 0 Å². The van der Waals surface area contributed by atoms with E-state index >= 15 is 0 Å². The fourth-order valence-corrected chi connectivity index (χ4v) is 1.31. The van der Waals surface area contributed by atoms with E-state index in [9.17, 15) is 36.9 Å². The molecule has 6 nitrogen and oxygen atoms in total. The molecule has 0 aromatic heterocycles. The Balaban J connectivity index is 3.70. The number of carboxylic acids is 1. The molecule has 0 aliphatic heterocycles. The zero-order chi connectivity index (χ0) is 16.5. The Morgan fingerprint density at radius 3 is 2.19 bits per heavy atom. The molecule has 1 rings (SSSR count). The summed E-state index contributed by atoms with van der Waals surface area (Å²) in [6.45, 7) is 0. The summed E-state index contributed by atoms with van der Waals surface area (Å²) in [5.74, 6) is -13.4. The molecule has 0 unspecified atom stereocenters. The van der Waals surface area contributed by atoms with Gasteiger partial charge in [0.15, 0.2) is 11.4 Å². The standard InChI is InChI=1S/C9H3ClF5NO5/c10-1-9(14,15)21-7-3(11)2(8(17)18)6(16(19)20)4(12)5(7)13/h1H2,(H,17,18). The summed E-state index contributed by atoms with van der Waals surface area (Å²) in [6, 6.07) is 0. The minimum atomic E-state index is -4.36. The summed E-state index contributed by atoms with van der Waals surface area (Å²) in [7, 11) is 0. The SMILES string of the molecule is O=C(O)c1c(F)c(OC(F)(F)CCl)c(F)c(F)c1[N+](=O)[O-]. The third kappa shape index (κ3) is 3.12. The van der Waals surface area contributed by atoms with Gasteiger partial charge < -0.3 is 9.84 Å². The van der Waals surface area contributed by atoms with Crippen LogP contribution in [0.4, 0.5) is 27.6 Å². The maximum absolute atomic E-state index is 13.7. The largest absolute Gasteiger partial charge is 0.477 e. The highest BCUT2D eigenvalue weighted by Crippen LogP contribution is 2.37. The van der Waals surface area contributed by atoms with Crippen molar-refractivity contribution in [3.8, 4) is 5.75 Å². The first-order valence-electron chi connectivity index (χ1n) is 4.74. The molecule has 1 aromatic rings. The quantitative estimate of drug-likeness (QED) is 0.294. The van der Waals surface area contributed by atoms with Crippen molar-refractivity contribution in [3.05, 3.63) is 33.1 Å². The predicted molar refractivity (Wildman–Crippen MR) is 56.2 cm³/mol. The molecule has 0 saturated heterocycles. The van der Waals surface area contributed by atoms with Gasteiger partial charge >= 0.3 is 17.8 Å². The van der Waals surface area contributed by atoms with Crippen molar-refractivity contribution in [1.29, 1.82) is 0 Å². The lowest BCUT2D eigenvalue weighted by molar-refractivity contribution is -0.388. The highest BCUT2D eigenvalue weighted by atomic mass is 35.5. The third-order valence-corrected chi connectivity index (χ3v) is 2.37. The van der Waals surface area contributed by atoms with E-state index in [2.05, 4.69) is 4.74 Å². The molecular weight excluding hydrogens is 333 g/mol. The van der Waals surface area contributed by atoms with Crippen molar-refractivity contribution in [2.45, 2.75) is 6.11 Å². The number of nitro benzene ring substituents is 1. The summed E-state index contributed by atoms with van der Waals surface area (Å²) in [5, 5.41) is 19.1. The first-order valence-corrected chi connectivity index (χ1v) is 5.27. The van der Waals surface area contributed by atoms with E-state index < -0.39 is 57.3 Å². The summed E-state index contributed by atoms with van der Waals surface area (Å²) in [4.78, 5) is 19.4. The molecule has 0 radical (unpaired) electrons. The molecule has 0 aliphatic rings. The maximum Gasteiger partial charge on any atom is 0.411 e. The number of rotatable bonds is 5. The molecular formula is C9H3ClF5NO5. The highest BCUT2D eigenvalue weighted by Gasteiger charge is 2.41. The van der Waals surface area contributed by atoms with Gasteiger partial charge in [0.2, 0.25) is 17.4 Å². The van der Waals surface area contributed by atoms with E-state index in [0.29, 0.717) is 0 Å². The molecule has 12 heteroatoms. The zero-order valence-electron chi connectivity index (χ0n) is 9.50. The number of halogens is 6. The summed E-state index contributed by atoms with van der Waals surface area (Å²) in [5.41, 5.74) is -4.02. The molecule has 0 fully saturated rings. The van der Waals surface area contributed by atoms with Gasteiger partial charge in [0.05, 0.1) is 4.92 Å². The normalized spacial score (nSPS) is 11.3. The van der Waals surface area contributed by atoms with Crippen LogP contribution in [0.2, 0.25) is 0 Å². The van der Waals surface area contributed by atoms with Gasteiger partial charge in [-0.25, -0.2) is 9.18 Å². The van der Waals surface area contributed by atoms with Crippen LogP contribution in [0, 0.1) is 27.6 Å². The van der Waals surface area contributed by atoms with Crippen molar-refractivity contribution < 1.29 is 41.5 Å². The van der Waals surface area contributed by atoms with Crippen molar-refractivity contribution in [2.75, 3.05) is 5.88 Å². The minimum Gasteiger partial charge on any atom is -0.477 e. The number of alkyl halides is 3. The Kier molecular flexibility index (Phi) is 4.56. The Bertz CT molecular complexity index is 623. The fraction of sp³-hybridized carbons (Fsp3) is 0.222. The number of hydrogen-bond acceptors (Lipinski definition) is 4. The van der Waals surface area contributed by atoms with Gasteiger partial charge in [0.1, 0.15) is 5.88 Å². The number of nitro groups is 1. The van der Waals surface area contributed by atoms with Gasteiger partial charge in [0, 0.05) is 0 Å². The Morgan fingerprint density at radius 2 is 1.81 bits per heavy atom. The molecule has 1 aromatic carbocycles. The molecule has 0 aliphatic carbocycles. The van der Waals surface area contributed by atoms with Gasteiger partial charge in [0.25, 0.3) is 0 Å². The number of ether oxygens (including phenoxy) is 1. The number of benzene rings is 1. The number of hydrogen-bond donors (Lipinski definition) is 1. The predicted octanol–water partition coefficient (Wildman–Crippen LogP) is 2.92.